The van der Waals surface area contributed by atoms with E-state index in [0.29, 0.717) is 24.8 Å². The second-order valence-electron chi connectivity index (χ2n) is 7.33. The predicted octanol–water partition coefficient (Wildman–Crippen LogP) is 3.06. The molecule has 3 atom stereocenters. The first-order valence-electron chi connectivity index (χ1n) is 7.58. The Morgan fingerprint density at radius 2 is 2.25 bits per heavy atom. The smallest absolute Gasteiger partial charge is 0.306 e. The lowest BCUT2D eigenvalue weighted by atomic mass is 9.53. The fraction of sp³-hybridized carbons (Fsp3) is 0.812. The molecular formula is C16H27NO3. The Labute approximate surface area is 121 Å². The fourth-order valence-corrected chi connectivity index (χ4v) is 3.82. The topological polar surface area (TPSA) is 58.6 Å². The molecule has 2 aliphatic rings. The third kappa shape index (κ3) is 3.07. The Morgan fingerprint density at radius 3 is 2.80 bits per heavy atom. The maximum atomic E-state index is 12.1. The van der Waals surface area contributed by atoms with Crippen LogP contribution >= 0.6 is 0 Å². The highest BCUT2D eigenvalue weighted by atomic mass is 16.6. The van der Waals surface area contributed by atoms with Gasteiger partial charge in [0.25, 0.3) is 0 Å². The summed E-state index contributed by atoms with van der Waals surface area (Å²) in [5.41, 5.74) is 3.16. The van der Waals surface area contributed by atoms with Crippen molar-refractivity contribution in [1.82, 2.24) is 5.48 Å². The molecule has 0 radical (unpaired) electrons. The van der Waals surface area contributed by atoms with Gasteiger partial charge < -0.3 is 9.94 Å². The number of rotatable bonds is 5. The lowest BCUT2D eigenvalue weighted by Crippen LogP contribution is -2.52. The molecule has 4 nitrogen and oxygen atoms in total. The molecule has 1 saturated carbocycles. The van der Waals surface area contributed by atoms with Gasteiger partial charge in [-0.25, -0.2) is 5.48 Å². The van der Waals surface area contributed by atoms with Crippen LogP contribution in [0.4, 0.5) is 0 Å². The summed E-state index contributed by atoms with van der Waals surface area (Å²) in [4.78, 5) is 12.1. The van der Waals surface area contributed by atoms with Crippen molar-refractivity contribution in [3.05, 3.63) is 11.6 Å². The third-order valence-corrected chi connectivity index (χ3v) is 4.62. The van der Waals surface area contributed by atoms with Crippen LogP contribution in [0.5, 0.6) is 0 Å². The second-order valence-corrected chi connectivity index (χ2v) is 7.33. The highest BCUT2D eigenvalue weighted by Crippen LogP contribution is 2.59. The van der Waals surface area contributed by atoms with E-state index < -0.39 is 5.60 Å². The van der Waals surface area contributed by atoms with Crippen LogP contribution < -0.4 is 5.48 Å². The van der Waals surface area contributed by atoms with Crippen LogP contribution in [-0.2, 0) is 9.53 Å². The molecule has 2 N–H and O–H groups in total. The summed E-state index contributed by atoms with van der Waals surface area (Å²) in [5.74, 6) is 0.898. The standard InChI is InChI=1S/C16H27NO3/c1-5-11-6-12-8-16(10-17-19,13(12)7-11)9-14(18)20-15(2,3)4/h7,12-13,17,19H,5-6,8-10H2,1-4H3/t12-,13-,16?/m1/s1. The van der Waals surface area contributed by atoms with Gasteiger partial charge in [-0.1, -0.05) is 18.6 Å². The van der Waals surface area contributed by atoms with E-state index in [1.165, 1.54) is 5.57 Å². The van der Waals surface area contributed by atoms with Crippen LogP contribution in [-0.4, -0.2) is 23.3 Å². The zero-order chi connectivity index (χ0) is 15.0. The SMILES string of the molecule is CCC1=C[C@@H]2[C@H](C1)CC2(CNO)CC(=O)OC(C)(C)C. The number of hydrogen-bond acceptors (Lipinski definition) is 4. The number of nitrogens with one attached hydrogen (secondary N) is 1. The average Bonchev–Trinajstić information content (AvgIpc) is 2.64. The van der Waals surface area contributed by atoms with Crippen LogP contribution in [0.3, 0.4) is 0 Å². The van der Waals surface area contributed by atoms with Crippen molar-refractivity contribution in [3.8, 4) is 0 Å². The zero-order valence-corrected chi connectivity index (χ0v) is 13.0. The molecular weight excluding hydrogens is 254 g/mol. The zero-order valence-electron chi connectivity index (χ0n) is 13.0. The number of hydroxylamine groups is 1. The van der Waals surface area contributed by atoms with E-state index in [-0.39, 0.29) is 11.4 Å². The average molecular weight is 281 g/mol. The van der Waals surface area contributed by atoms with Crippen molar-refractivity contribution in [2.45, 2.75) is 59.0 Å². The summed E-state index contributed by atoms with van der Waals surface area (Å²) in [6, 6.07) is 0. The van der Waals surface area contributed by atoms with Crippen LogP contribution in [0.15, 0.2) is 11.6 Å². The quantitative estimate of drug-likeness (QED) is 0.462. The summed E-state index contributed by atoms with van der Waals surface area (Å²) in [6.45, 7) is 8.29. The van der Waals surface area contributed by atoms with Gasteiger partial charge in [-0.05, 0) is 51.9 Å². The molecule has 1 unspecified atom stereocenters. The molecule has 0 spiro atoms. The van der Waals surface area contributed by atoms with Crippen LogP contribution in [0.25, 0.3) is 0 Å². The normalized spacial score (nSPS) is 32.4. The molecule has 0 aromatic rings. The minimum absolute atomic E-state index is 0.162. The predicted molar refractivity (Wildman–Crippen MR) is 77.3 cm³/mol. The van der Waals surface area contributed by atoms with E-state index >= 15 is 0 Å². The van der Waals surface area contributed by atoms with Gasteiger partial charge >= 0.3 is 5.97 Å². The number of hydrogen-bond donors (Lipinski definition) is 2. The molecule has 2 aliphatic carbocycles. The van der Waals surface area contributed by atoms with Gasteiger partial charge in [0.2, 0.25) is 0 Å². The van der Waals surface area contributed by atoms with Crippen molar-refractivity contribution in [1.29, 1.82) is 0 Å². The van der Waals surface area contributed by atoms with E-state index in [2.05, 4.69) is 18.5 Å². The molecule has 0 bridgehead atoms. The summed E-state index contributed by atoms with van der Waals surface area (Å²) in [7, 11) is 0. The van der Waals surface area contributed by atoms with Gasteiger partial charge in [0.1, 0.15) is 5.60 Å². The fourth-order valence-electron chi connectivity index (χ4n) is 3.82. The number of carbonyl (C=O) groups excluding carboxylic acids is 1. The summed E-state index contributed by atoms with van der Waals surface area (Å²) in [6.07, 6.45) is 5.94. The first-order valence-corrected chi connectivity index (χ1v) is 7.58. The minimum atomic E-state index is -0.450. The summed E-state index contributed by atoms with van der Waals surface area (Å²) >= 11 is 0. The highest BCUT2D eigenvalue weighted by Gasteiger charge is 2.55. The lowest BCUT2D eigenvalue weighted by Gasteiger charge is -2.52. The van der Waals surface area contributed by atoms with E-state index in [9.17, 15) is 4.79 Å². The van der Waals surface area contributed by atoms with Gasteiger partial charge in [-0.2, -0.15) is 0 Å². The Morgan fingerprint density at radius 1 is 1.55 bits per heavy atom. The Balaban J connectivity index is 2.05. The molecule has 0 aromatic carbocycles. The van der Waals surface area contributed by atoms with Gasteiger partial charge in [0.15, 0.2) is 0 Å². The van der Waals surface area contributed by atoms with Gasteiger partial charge in [-0.3, -0.25) is 4.79 Å². The first kappa shape index (κ1) is 15.5. The molecule has 0 aliphatic heterocycles. The van der Waals surface area contributed by atoms with Crippen LogP contribution in [0.1, 0.15) is 53.4 Å². The largest absolute Gasteiger partial charge is 0.460 e. The van der Waals surface area contributed by atoms with Crippen molar-refractivity contribution in [2.75, 3.05) is 6.54 Å². The number of carbonyl (C=O) groups is 1. The Hall–Kier alpha value is -0.870. The molecule has 20 heavy (non-hydrogen) atoms. The molecule has 0 aromatic heterocycles. The van der Waals surface area contributed by atoms with Gasteiger partial charge in [-0.15, -0.1) is 0 Å². The van der Waals surface area contributed by atoms with E-state index in [1.54, 1.807) is 0 Å². The van der Waals surface area contributed by atoms with E-state index in [1.807, 2.05) is 20.8 Å². The molecule has 1 fully saturated rings. The van der Waals surface area contributed by atoms with Crippen LogP contribution in [0, 0.1) is 17.3 Å². The molecule has 2 rings (SSSR count). The second kappa shape index (κ2) is 5.49. The van der Waals surface area contributed by atoms with Crippen molar-refractivity contribution in [3.63, 3.8) is 0 Å². The van der Waals surface area contributed by atoms with Gasteiger partial charge in [0, 0.05) is 12.0 Å². The number of esters is 1. The number of ether oxygens (including phenoxy) is 1. The summed E-state index contributed by atoms with van der Waals surface area (Å²) in [5, 5.41) is 9.13. The third-order valence-electron chi connectivity index (χ3n) is 4.62. The maximum Gasteiger partial charge on any atom is 0.306 e. The van der Waals surface area contributed by atoms with Gasteiger partial charge in [0.05, 0.1) is 6.42 Å². The Bertz CT molecular complexity index is 410. The molecule has 4 heteroatoms. The lowest BCUT2D eigenvalue weighted by molar-refractivity contribution is -0.163. The Kier molecular flexibility index (Phi) is 4.26. The molecule has 0 amide bonds. The van der Waals surface area contributed by atoms with Crippen molar-refractivity contribution in [2.24, 2.45) is 17.3 Å². The van der Waals surface area contributed by atoms with Crippen LogP contribution in [0.2, 0.25) is 0 Å². The highest BCUT2D eigenvalue weighted by molar-refractivity contribution is 5.71. The van der Waals surface area contributed by atoms with E-state index in [4.69, 9.17) is 9.94 Å². The molecule has 0 saturated heterocycles. The van der Waals surface area contributed by atoms with Crippen molar-refractivity contribution >= 4 is 5.97 Å². The summed E-state index contributed by atoms with van der Waals surface area (Å²) < 4.78 is 5.45. The maximum absolute atomic E-state index is 12.1. The number of allylic oxidation sites excluding steroid dienone is 2. The van der Waals surface area contributed by atoms with E-state index in [0.717, 1.165) is 19.3 Å². The number of fused-ring (bicyclic) bond motifs is 1. The van der Waals surface area contributed by atoms with Crippen molar-refractivity contribution < 1.29 is 14.7 Å². The minimum Gasteiger partial charge on any atom is -0.460 e. The monoisotopic (exact) mass is 281 g/mol. The first-order chi connectivity index (χ1) is 9.29. The molecule has 0 heterocycles. The molecule has 114 valence electrons.